The summed E-state index contributed by atoms with van der Waals surface area (Å²) in [5.41, 5.74) is 6.99. The average Bonchev–Trinajstić information content (AvgIpc) is 3.14. The molecule has 4 aromatic carbocycles. The molecule has 7 heteroatoms. The average molecular weight is 459 g/mol. The fourth-order valence-corrected chi connectivity index (χ4v) is 4.82. The number of nitrogens with zero attached hydrogens (tertiary/aromatic N) is 1. The summed E-state index contributed by atoms with van der Waals surface area (Å²) in [6.07, 6.45) is 0. The monoisotopic (exact) mass is 459 g/mol. The quantitative estimate of drug-likeness (QED) is 0.358. The Labute approximate surface area is 218 Å². The summed E-state index contributed by atoms with van der Waals surface area (Å²) in [6.45, 7) is 6.61. The lowest BCUT2D eigenvalue weighted by Gasteiger charge is -2.23. The predicted octanol–water partition coefficient (Wildman–Crippen LogP) is 2.37. The molecular formula is C28H19B5ClN. The van der Waals surface area contributed by atoms with Crippen LogP contribution >= 0.6 is 11.6 Å². The standard InChI is InChI=1S/C28H19B5ClN/c1-28(2,3)16-7-4-14(5-8-16)15-6-10-18-19-13-17(34)9-11-20(19)35(21(18)12-15)27-25(32)23(30)22(29)24(31)26(27)33/h4-13H,1-3H3. The molecule has 1 heterocycles. The Morgan fingerprint density at radius 2 is 1.17 bits per heavy atom. The molecule has 0 N–H and O–H groups in total. The second kappa shape index (κ2) is 8.45. The first kappa shape index (κ1) is 24.0. The molecule has 0 saturated carbocycles. The van der Waals surface area contributed by atoms with Gasteiger partial charge in [-0.15, -0.1) is 16.4 Å². The van der Waals surface area contributed by atoms with Crippen LogP contribution in [0.5, 0.6) is 0 Å². The lowest BCUT2D eigenvalue weighted by atomic mass is 9.61. The topological polar surface area (TPSA) is 4.93 Å². The molecule has 158 valence electrons. The molecule has 0 amide bonds. The molecule has 0 aliphatic rings. The first-order valence-electron chi connectivity index (χ1n) is 11.4. The van der Waals surface area contributed by atoms with Gasteiger partial charge >= 0.3 is 0 Å². The van der Waals surface area contributed by atoms with Gasteiger partial charge in [0.15, 0.2) is 0 Å². The van der Waals surface area contributed by atoms with Gasteiger partial charge in [-0.25, -0.2) is 0 Å². The predicted molar refractivity (Wildman–Crippen MR) is 157 cm³/mol. The molecule has 0 spiro atoms. The van der Waals surface area contributed by atoms with Gasteiger partial charge in [0.2, 0.25) is 0 Å². The Hall–Kier alpha value is -2.71. The van der Waals surface area contributed by atoms with E-state index in [0.29, 0.717) is 10.7 Å². The Bertz CT molecular complexity index is 1600. The maximum absolute atomic E-state index is 6.48. The lowest BCUT2D eigenvalue weighted by Crippen LogP contribution is -2.56. The van der Waals surface area contributed by atoms with Crippen LogP contribution in [-0.4, -0.2) is 43.8 Å². The van der Waals surface area contributed by atoms with Gasteiger partial charge in [-0.05, 0) is 46.4 Å². The van der Waals surface area contributed by atoms with Gasteiger partial charge in [-0.1, -0.05) is 79.7 Å². The fourth-order valence-electron chi connectivity index (χ4n) is 4.65. The molecule has 5 aromatic rings. The molecule has 35 heavy (non-hydrogen) atoms. The summed E-state index contributed by atoms with van der Waals surface area (Å²) in [7, 11) is 31.4. The third-order valence-corrected chi connectivity index (χ3v) is 6.94. The zero-order chi connectivity index (χ0) is 25.2. The van der Waals surface area contributed by atoms with Gasteiger partial charge in [0.1, 0.15) is 39.2 Å². The van der Waals surface area contributed by atoms with Crippen LogP contribution < -0.4 is 27.3 Å². The molecule has 0 saturated heterocycles. The maximum atomic E-state index is 6.48. The van der Waals surface area contributed by atoms with Crippen LogP contribution in [0.1, 0.15) is 26.3 Å². The molecule has 0 fully saturated rings. The zero-order valence-corrected chi connectivity index (χ0v) is 20.7. The largest absolute Gasteiger partial charge is 0.310 e. The van der Waals surface area contributed by atoms with E-state index < -0.39 is 0 Å². The number of aromatic nitrogens is 1. The maximum Gasteiger partial charge on any atom is 0.115 e. The van der Waals surface area contributed by atoms with E-state index in [-0.39, 0.29) is 32.7 Å². The highest BCUT2D eigenvalue weighted by Gasteiger charge is 2.19. The highest BCUT2D eigenvalue weighted by molar-refractivity contribution is 6.68. The van der Waals surface area contributed by atoms with Gasteiger partial charge in [0.25, 0.3) is 0 Å². The number of rotatable bonds is 2. The van der Waals surface area contributed by atoms with Gasteiger partial charge in [0, 0.05) is 21.5 Å². The molecule has 0 bridgehead atoms. The van der Waals surface area contributed by atoms with Crippen molar-refractivity contribution < 1.29 is 0 Å². The van der Waals surface area contributed by atoms with Crippen molar-refractivity contribution in [2.75, 3.05) is 0 Å². The van der Waals surface area contributed by atoms with Crippen LogP contribution in [-0.2, 0) is 5.41 Å². The van der Waals surface area contributed by atoms with Crippen molar-refractivity contribution in [2.24, 2.45) is 0 Å². The SMILES string of the molecule is [B]c1c([B])c([B])c(-n2c3ccc(Cl)cc3c3ccc(-c4ccc(C(C)(C)C)cc4)cc32)c([B])c1[B]. The van der Waals surface area contributed by atoms with E-state index in [1.807, 2.05) is 22.8 Å². The van der Waals surface area contributed by atoms with Gasteiger partial charge in [-0.3, -0.25) is 0 Å². The third kappa shape index (κ3) is 3.87. The number of halogens is 1. The van der Waals surface area contributed by atoms with Crippen LogP contribution in [0.25, 0.3) is 38.6 Å². The van der Waals surface area contributed by atoms with Crippen molar-refractivity contribution >= 4 is 100.0 Å². The van der Waals surface area contributed by atoms with Crippen molar-refractivity contribution in [3.63, 3.8) is 0 Å². The van der Waals surface area contributed by atoms with Crippen molar-refractivity contribution in [3.05, 3.63) is 71.2 Å². The minimum Gasteiger partial charge on any atom is -0.310 e. The molecule has 0 aliphatic heterocycles. The van der Waals surface area contributed by atoms with Crippen LogP contribution in [0.15, 0.2) is 60.7 Å². The molecule has 5 rings (SSSR count). The highest BCUT2D eigenvalue weighted by atomic mass is 35.5. The Morgan fingerprint density at radius 1 is 0.600 bits per heavy atom. The highest BCUT2D eigenvalue weighted by Crippen LogP contribution is 2.35. The van der Waals surface area contributed by atoms with E-state index in [4.69, 9.17) is 50.8 Å². The lowest BCUT2D eigenvalue weighted by molar-refractivity contribution is 0.590. The normalized spacial score (nSPS) is 12.0. The Balaban J connectivity index is 1.84. The van der Waals surface area contributed by atoms with Gasteiger partial charge in [0.05, 0.1) is 11.0 Å². The van der Waals surface area contributed by atoms with E-state index in [0.717, 1.165) is 32.9 Å². The molecular weight excluding hydrogens is 440 g/mol. The van der Waals surface area contributed by atoms with Crippen LogP contribution in [0.4, 0.5) is 0 Å². The third-order valence-electron chi connectivity index (χ3n) is 6.71. The Morgan fingerprint density at radius 3 is 1.77 bits per heavy atom. The van der Waals surface area contributed by atoms with E-state index in [2.05, 4.69) is 63.2 Å². The molecule has 10 radical (unpaired) electrons. The molecule has 1 aromatic heterocycles. The minimum atomic E-state index is 0.0816. The molecule has 0 atom stereocenters. The van der Waals surface area contributed by atoms with Crippen molar-refractivity contribution in [1.29, 1.82) is 0 Å². The van der Waals surface area contributed by atoms with Crippen LogP contribution in [0, 0.1) is 0 Å². The summed E-state index contributed by atoms with van der Waals surface area (Å²) in [5, 5.41) is 2.61. The van der Waals surface area contributed by atoms with Crippen LogP contribution in [0.3, 0.4) is 0 Å². The molecule has 0 unspecified atom stereocenters. The van der Waals surface area contributed by atoms with E-state index in [1.165, 1.54) is 5.56 Å². The summed E-state index contributed by atoms with van der Waals surface area (Å²) >= 11 is 6.37. The van der Waals surface area contributed by atoms with E-state index in [9.17, 15) is 0 Å². The van der Waals surface area contributed by atoms with Crippen LogP contribution in [0.2, 0.25) is 5.02 Å². The van der Waals surface area contributed by atoms with Crippen molar-refractivity contribution in [2.45, 2.75) is 26.2 Å². The zero-order valence-electron chi connectivity index (χ0n) is 20.0. The smallest absolute Gasteiger partial charge is 0.115 e. The van der Waals surface area contributed by atoms with Gasteiger partial charge in [-0.2, -0.15) is 0 Å². The number of fused-ring (bicyclic) bond motifs is 3. The van der Waals surface area contributed by atoms with E-state index >= 15 is 0 Å². The van der Waals surface area contributed by atoms with Gasteiger partial charge < -0.3 is 4.57 Å². The molecule has 0 aliphatic carbocycles. The summed E-state index contributed by atoms with van der Waals surface area (Å²) in [6, 6.07) is 20.7. The number of hydrogen-bond acceptors (Lipinski definition) is 0. The number of hydrogen-bond donors (Lipinski definition) is 0. The summed E-state index contributed by atoms with van der Waals surface area (Å²) < 4.78 is 1.99. The van der Waals surface area contributed by atoms with E-state index in [1.54, 1.807) is 0 Å². The second-order valence-electron chi connectivity index (χ2n) is 9.97. The first-order valence-corrected chi connectivity index (χ1v) is 11.7. The second-order valence-corrected chi connectivity index (χ2v) is 10.4. The number of benzene rings is 4. The first-order chi connectivity index (χ1) is 16.5. The molecule has 1 nitrogen and oxygen atoms in total. The summed E-state index contributed by atoms with van der Waals surface area (Å²) in [5.74, 6) is 0. The fraction of sp³-hybridized carbons (Fsp3) is 0.143. The van der Waals surface area contributed by atoms with Crippen molar-refractivity contribution in [3.8, 4) is 16.8 Å². The minimum absolute atomic E-state index is 0.0816. The van der Waals surface area contributed by atoms with Crippen molar-refractivity contribution in [1.82, 2.24) is 4.57 Å². The Kier molecular flexibility index (Phi) is 5.80. The summed E-state index contributed by atoms with van der Waals surface area (Å²) in [4.78, 5) is 0.